The van der Waals surface area contributed by atoms with Crippen molar-refractivity contribution in [3.05, 3.63) is 0 Å². The summed E-state index contributed by atoms with van der Waals surface area (Å²) in [6.45, 7) is 4.34. The third-order valence-corrected chi connectivity index (χ3v) is 2.87. The summed E-state index contributed by atoms with van der Waals surface area (Å²) in [6, 6.07) is 0. The molecule has 0 aromatic carbocycles. The Morgan fingerprint density at radius 3 is 2.80 bits per heavy atom. The molecule has 15 heavy (non-hydrogen) atoms. The minimum atomic E-state index is -0.514. The van der Waals surface area contributed by atoms with Gasteiger partial charge in [0.05, 0.1) is 12.8 Å². The molecule has 1 unspecified atom stereocenters. The third kappa shape index (κ3) is 3.22. The normalized spacial score (nSPS) is 20.0. The highest BCUT2D eigenvalue weighted by atomic mass is 16.7. The zero-order valence-electron chi connectivity index (χ0n) is 9.66. The molecule has 1 aliphatic heterocycles. The van der Waals surface area contributed by atoms with E-state index in [1.165, 1.54) is 7.11 Å². The van der Waals surface area contributed by atoms with Crippen LogP contribution in [0.25, 0.3) is 0 Å². The van der Waals surface area contributed by atoms with Gasteiger partial charge >= 0.3 is 5.97 Å². The molecule has 1 atom stereocenters. The maximum absolute atomic E-state index is 11.2. The molecule has 0 saturated heterocycles. The lowest BCUT2D eigenvalue weighted by molar-refractivity contribution is -0.152. The molecule has 0 radical (unpaired) electrons. The first-order chi connectivity index (χ1) is 7.21. The summed E-state index contributed by atoms with van der Waals surface area (Å²) in [5.74, 6) is 0.307. The van der Waals surface area contributed by atoms with Crippen LogP contribution in [0.4, 0.5) is 0 Å². The van der Waals surface area contributed by atoms with Crippen molar-refractivity contribution in [3.63, 3.8) is 0 Å². The molecular weight excluding hydrogens is 194 g/mol. The number of hydrogen-bond donors (Lipinski definition) is 0. The molecule has 0 aromatic heterocycles. The topological polar surface area (TPSA) is 47.9 Å². The zero-order chi connectivity index (χ0) is 11.3. The van der Waals surface area contributed by atoms with Crippen molar-refractivity contribution in [2.75, 3.05) is 7.11 Å². The average molecular weight is 213 g/mol. The van der Waals surface area contributed by atoms with Gasteiger partial charge in [-0.15, -0.1) is 0 Å². The van der Waals surface area contributed by atoms with E-state index in [1.807, 2.05) is 0 Å². The van der Waals surface area contributed by atoms with Crippen molar-refractivity contribution in [1.29, 1.82) is 0 Å². The van der Waals surface area contributed by atoms with Crippen LogP contribution in [0.15, 0.2) is 5.16 Å². The van der Waals surface area contributed by atoms with Gasteiger partial charge in [0, 0.05) is 6.42 Å². The van der Waals surface area contributed by atoms with E-state index in [-0.39, 0.29) is 5.97 Å². The van der Waals surface area contributed by atoms with Crippen LogP contribution in [0.5, 0.6) is 0 Å². The van der Waals surface area contributed by atoms with Gasteiger partial charge < -0.3 is 9.57 Å². The number of hydrogen-bond acceptors (Lipinski definition) is 4. The van der Waals surface area contributed by atoms with Crippen molar-refractivity contribution in [2.24, 2.45) is 11.1 Å². The number of ether oxygens (including phenoxy) is 1. The molecule has 0 fully saturated rings. The number of oxime groups is 1. The SMILES string of the molecule is CCC(CC)CC1=NOC(C(=O)OC)C1. The Balaban J connectivity index is 2.38. The van der Waals surface area contributed by atoms with E-state index < -0.39 is 6.10 Å². The van der Waals surface area contributed by atoms with E-state index in [4.69, 9.17) is 4.84 Å². The van der Waals surface area contributed by atoms with Crippen molar-refractivity contribution >= 4 is 11.7 Å². The second kappa shape index (κ2) is 5.73. The van der Waals surface area contributed by atoms with Gasteiger partial charge in [-0.1, -0.05) is 31.8 Å². The maximum atomic E-state index is 11.2. The molecule has 0 spiro atoms. The second-order valence-corrected chi connectivity index (χ2v) is 3.87. The van der Waals surface area contributed by atoms with Gasteiger partial charge in [-0.3, -0.25) is 0 Å². The molecule has 0 bridgehead atoms. The Morgan fingerprint density at radius 1 is 1.60 bits per heavy atom. The first kappa shape index (κ1) is 12.0. The molecule has 1 heterocycles. The van der Waals surface area contributed by atoms with Crippen LogP contribution in [-0.2, 0) is 14.4 Å². The van der Waals surface area contributed by atoms with Gasteiger partial charge in [0.1, 0.15) is 0 Å². The highest BCUT2D eigenvalue weighted by Gasteiger charge is 2.29. The number of carbonyl (C=O) groups is 1. The summed E-state index contributed by atoms with van der Waals surface area (Å²) < 4.78 is 4.60. The number of nitrogens with zero attached hydrogens (tertiary/aromatic N) is 1. The lowest BCUT2D eigenvalue weighted by Gasteiger charge is -2.10. The lowest BCUT2D eigenvalue weighted by atomic mass is 9.95. The standard InChI is InChI=1S/C11H19NO3/c1-4-8(5-2)6-9-7-10(15-12-9)11(13)14-3/h8,10H,4-7H2,1-3H3. The predicted octanol–water partition coefficient (Wildman–Crippen LogP) is 2.13. The van der Waals surface area contributed by atoms with Crippen LogP contribution in [0, 0.1) is 5.92 Å². The van der Waals surface area contributed by atoms with Gasteiger partial charge in [-0.2, -0.15) is 0 Å². The molecule has 0 N–H and O–H groups in total. The molecule has 0 aromatic rings. The zero-order valence-corrected chi connectivity index (χ0v) is 9.66. The van der Waals surface area contributed by atoms with Crippen LogP contribution < -0.4 is 0 Å². The number of carbonyl (C=O) groups excluding carboxylic acids is 1. The van der Waals surface area contributed by atoms with Crippen LogP contribution >= 0.6 is 0 Å². The summed E-state index contributed by atoms with van der Waals surface area (Å²) in [5.41, 5.74) is 0.985. The van der Waals surface area contributed by atoms with E-state index >= 15 is 0 Å². The lowest BCUT2D eigenvalue weighted by Crippen LogP contribution is -2.22. The van der Waals surface area contributed by atoms with Crippen molar-refractivity contribution in [1.82, 2.24) is 0 Å². The van der Waals surface area contributed by atoms with Crippen LogP contribution in [-0.4, -0.2) is 24.9 Å². The van der Waals surface area contributed by atoms with Gasteiger partial charge in [-0.05, 0) is 12.3 Å². The summed E-state index contributed by atoms with van der Waals surface area (Å²) in [4.78, 5) is 16.2. The first-order valence-electron chi connectivity index (χ1n) is 5.50. The minimum absolute atomic E-state index is 0.335. The summed E-state index contributed by atoms with van der Waals surface area (Å²) in [6.07, 6.45) is 3.28. The smallest absolute Gasteiger partial charge is 0.350 e. The molecule has 0 aliphatic carbocycles. The Labute approximate surface area is 90.6 Å². The fourth-order valence-corrected chi connectivity index (χ4v) is 1.72. The van der Waals surface area contributed by atoms with E-state index in [1.54, 1.807) is 0 Å². The first-order valence-corrected chi connectivity index (χ1v) is 5.50. The molecule has 0 saturated carbocycles. The number of rotatable bonds is 5. The Kier molecular flexibility index (Phi) is 4.59. The quantitative estimate of drug-likeness (QED) is 0.657. The van der Waals surface area contributed by atoms with Crippen LogP contribution in [0.3, 0.4) is 0 Å². The molecule has 1 aliphatic rings. The Hall–Kier alpha value is -1.06. The summed E-state index contributed by atoms with van der Waals surface area (Å²) in [5, 5.41) is 3.94. The van der Waals surface area contributed by atoms with Gasteiger partial charge in [-0.25, -0.2) is 4.79 Å². The third-order valence-electron chi connectivity index (χ3n) is 2.87. The fourth-order valence-electron chi connectivity index (χ4n) is 1.72. The van der Waals surface area contributed by atoms with Gasteiger partial charge in [0.2, 0.25) is 6.10 Å². The fraction of sp³-hybridized carbons (Fsp3) is 0.818. The molecular formula is C11H19NO3. The molecule has 86 valence electrons. The minimum Gasteiger partial charge on any atom is -0.466 e. The van der Waals surface area contributed by atoms with Crippen LogP contribution in [0.1, 0.15) is 39.5 Å². The summed E-state index contributed by atoms with van der Waals surface area (Å²) >= 11 is 0. The predicted molar refractivity (Wildman–Crippen MR) is 57.6 cm³/mol. The monoisotopic (exact) mass is 213 g/mol. The number of methoxy groups -OCH3 is 1. The molecule has 4 heteroatoms. The van der Waals surface area contributed by atoms with Gasteiger partial charge in [0.25, 0.3) is 0 Å². The van der Waals surface area contributed by atoms with E-state index in [2.05, 4.69) is 23.7 Å². The molecule has 4 nitrogen and oxygen atoms in total. The second-order valence-electron chi connectivity index (χ2n) is 3.87. The molecule has 1 rings (SSSR count). The van der Waals surface area contributed by atoms with Crippen molar-refractivity contribution < 1.29 is 14.4 Å². The highest BCUT2D eigenvalue weighted by molar-refractivity contribution is 5.91. The van der Waals surface area contributed by atoms with E-state index in [0.29, 0.717) is 12.3 Å². The van der Waals surface area contributed by atoms with E-state index in [9.17, 15) is 4.79 Å². The summed E-state index contributed by atoms with van der Waals surface area (Å²) in [7, 11) is 1.37. The average Bonchev–Trinajstić information content (AvgIpc) is 2.73. The van der Waals surface area contributed by atoms with Crippen LogP contribution in [0.2, 0.25) is 0 Å². The van der Waals surface area contributed by atoms with Crippen molar-refractivity contribution in [3.8, 4) is 0 Å². The molecule has 0 amide bonds. The number of esters is 1. The largest absolute Gasteiger partial charge is 0.466 e. The van der Waals surface area contributed by atoms with Crippen molar-refractivity contribution in [2.45, 2.75) is 45.6 Å². The maximum Gasteiger partial charge on any atom is 0.350 e. The Bertz CT molecular complexity index is 246. The Morgan fingerprint density at radius 2 is 2.27 bits per heavy atom. The van der Waals surface area contributed by atoms with E-state index in [0.717, 1.165) is 25.0 Å². The van der Waals surface area contributed by atoms with Gasteiger partial charge in [0.15, 0.2) is 0 Å². The highest BCUT2D eigenvalue weighted by Crippen LogP contribution is 2.20.